The van der Waals surface area contributed by atoms with Gasteiger partial charge in [0.25, 0.3) is 0 Å². The number of aliphatic hydroxyl groups is 1. The number of carboxylic acids is 2. The average molecular weight is 678 g/mol. The van der Waals surface area contributed by atoms with Gasteiger partial charge in [0.1, 0.15) is 30.2 Å². The van der Waals surface area contributed by atoms with Gasteiger partial charge in [0.2, 0.25) is 29.5 Å². The highest BCUT2D eigenvalue weighted by Gasteiger charge is 2.37. The van der Waals surface area contributed by atoms with Crippen LogP contribution in [0.2, 0.25) is 0 Å². The maximum absolute atomic E-state index is 13.2. The van der Waals surface area contributed by atoms with Crippen molar-refractivity contribution in [1.29, 1.82) is 0 Å². The van der Waals surface area contributed by atoms with E-state index in [1.54, 1.807) is 30.3 Å². The number of hydrogen-bond donors (Lipinski definition) is 10. The van der Waals surface area contributed by atoms with Crippen molar-refractivity contribution in [2.45, 2.75) is 68.7 Å². The number of aliphatic carboxylic acids is 2. The second-order valence-electron chi connectivity index (χ2n) is 11.0. The largest absolute Gasteiger partial charge is 0.481 e. The highest BCUT2D eigenvalue weighted by molar-refractivity contribution is 5.96. The van der Waals surface area contributed by atoms with Gasteiger partial charge in [0, 0.05) is 19.5 Å². The number of amides is 5. The molecule has 1 fully saturated rings. The van der Waals surface area contributed by atoms with Crippen LogP contribution >= 0.6 is 0 Å². The van der Waals surface area contributed by atoms with Crippen molar-refractivity contribution in [1.82, 2.24) is 26.2 Å². The van der Waals surface area contributed by atoms with E-state index in [2.05, 4.69) is 26.3 Å². The van der Waals surface area contributed by atoms with Crippen LogP contribution in [0.15, 0.2) is 35.3 Å². The maximum Gasteiger partial charge on any atom is 0.326 e. The van der Waals surface area contributed by atoms with Crippen molar-refractivity contribution >= 4 is 47.4 Å². The minimum absolute atomic E-state index is 0.00876. The van der Waals surface area contributed by atoms with Gasteiger partial charge in [-0.25, -0.2) is 4.79 Å². The van der Waals surface area contributed by atoms with Crippen molar-refractivity contribution < 1.29 is 48.9 Å². The number of hydrogen-bond acceptors (Lipinski definition) is 10. The molecule has 19 heteroatoms. The van der Waals surface area contributed by atoms with E-state index in [1.807, 2.05) is 0 Å². The molecule has 0 aromatic heterocycles. The summed E-state index contributed by atoms with van der Waals surface area (Å²) in [6.07, 6.45) is -0.00353. The Morgan fingerprint density at radius 1 is 0.938 bits per heavy atom. The lowest BCUT2D eigenvalue weighted by molar-refractivity contribution is -0.143. The highest BCUT2D eigenvalue weighted by atomic mass is 16.4. The lowest BCUT2D eigenvalue weighted by Crippen LogP contribution is -2.57. The average Bonchev–Trinajstić information content (AvgIpc) is 3.54. The normalized spacial score (nSPS) is 16.4. The van der Waals surface area contributed by atoms with Crippen molar-refractivity contribution in [3.8, 4) is 0 Å². The zero-order chi connectivity index (χ0) is 35.8. The standard InChI is InChI=1S/C29H43N9O10/c30-17(15-39)27(46)38-11-5-9-21(38)26(45)36-18(8-4-10-33-29(31)32)24(43)34-14-22(40)35-19(13-23(41)42)25(44)37-20(28(47)48)12-16-6-2-1-3-7-16/h1-3,6-7,17-21,39H,4-5,8-15,30H2,(H,34,43)(H,35,40)(H,36,45)(H,37,44)(H,41,42)(H,47,48)(H4,31,32,33). The third-order valence-electron chi connectivity index (χ3n) is 7.28. The minimum Gasteiger partial charge on any atom is -0.481 e. The SMILES string of the molecule is NC(N)=NCCCC(NC(=O)C1CCCN1C(=O)C(N)CO)C(=O)NCC(=O)NC(CC(=O)O)C(=O)NC(Cc1ccccc1)C(=O)O. The van der Waals surface area contributed by atoms with Gasteiger partial charge in [0.15, 0.2) is 5.96 Å². The summed E-state index contributed by atoms with van der Waals surface area (Å²) in [6, 6.07) is 1.85. The molecule has 0 bridgehead atoms. The fourth-order valence-corrected chi connectivity index (χ4v) is 4.88. The first-order valence-electron chi connectivity index (χ1n) is 15.1. The lowest BCUT2D eigenvalue weighted by Gasteiger charge is -2.28. The molecule has 2 rings (SSSR count). The van der Waals surface area contributed by atoms with Gasteiger partial charge in [-0.2, -0.15) is 0 Å². The molecule has 5 unspecified atom stereocenters. The van der Waals surface area contributed by atoms with E-state index in [4.69, 9.17) is 17.2 Å². The van der Waals surface area contributed by atoms with Crippen LogP contribution in [0, 0.1) is 0 Å². The molecule has 5 amide bonds. The fourth-order valence-electron chi connectivity index (χ4n) is 4.88. The molecule has 5 atom stereocenters. The second-order valence-corrected chi connectivity index (χ2v) is 11.0. The molecular weight excluding hydrogens is 634 g/mol. The summed E-state index contributed by atoms with van der Waals surface area (Å²) in [7, 11) is 0. The predicted molar refractivity (Wildman–Crippen MR) is 169 cm³/mol. The molecule has 264 valence electrons. The van der Waals surface area contributed by atoms with E-state index in [0.29, 0.717) is 12.0 Å². The van der Waals surface area contributed by atoms with Crippen LogP contribution in [0.5, 0.6) is 0 Å². The number of nitrogens with zero attached hydrogens (tertiary/aromatic N) is 2. The van der Waals surface area contributed by atoms with Crippen molar-refractivity contribution in [2.75, 3.05) is 26.2 Å². The molecule has 48 heavy (non-hydrogen) atoms. The number of nitrogens with two attached hydrogens (primary N) is 3. The topological polar surface area (TPSA) is 322 Å². The summed E-state index contributed by atoms with van der Waals surface area (Å²) in [5.41, 5.74) is 16.9. The third-order valence-corrected chi connectivity index (χ3v) is 7.28. The van der Waals surface area contributed by atoms with Gasteiger partial charge in [-0.15, -0.1) is 0 Å². The van der Waals surface area contributed by atoms with Crippen molar-refractivity contribution in [2.24, 2.45) is 22.2 Å². The summed E-state index contributed by atoms with van der Waals surface area (Å²) in [5, 5.41) is 37.4. The second kappa shape index (κ2) is 19.4. The van der Waals surface area contributed by atoms with Crippen LogP contribution < -0.4 is 38.5 Å². The number of carbonyl (C=O) groups is 7. The van der Waals surface area contributed by atoms with E-state index in [0.717, 1.165) is 0 Å². The van der Waals surface area contributed by atoms with E-state index < -0.39 is 91.3 Å². The number of guanidine groups is 1. The quantitative estimate of drug-likeness (QED) is 0.0377. The molecule has 0 saturated carbocycles. The van der Waals surface area contributed by atoms with Gasteiger partial charge in [-0.1, -0.05) is 30.3 Å². The highest BCUT2D eigenvalue weighted by Crippen LogP contribution is 2.19. The Kier molecular flexibility index (Phi) is 15.7. The molecule has 1 aromatic rings. The Morgan fingerprint density at radius 2 is 1.62 bits per heavy atom. The van der Waals surface area contributed by atoms with Gasteiger partial charge >= 0.3 is 11.9 Å². The number of aliphatic imine (C=N–C) groups is 1. The molecule has 1 aliphatic rings. The Bertz CT molecular complexity index is 1340. The molecule has 0 radical (unpaired) electrons. The number of benzene rings is 1. The van der Waals surface area contributed by atoms with Gasteiger partial charge in [0.05, 0.1) is 19.6 Å². The van der Waals surface area contributed by atoms with Crippen LogP contribution in [0.4, 0.5) is 0 Å². The molecule has 1 aliphatic heterocycles. The molecule has 19 nitrogen and oxygen atoms in total. The number of carboxylic acid groups (broad SMARTS) is 2. The molecule has 13 N–H and O–H groups in total. The van der Waals surface area contributed by atoms with Crippen LogP contribution in [-0.2, 0) is 40.0 Å². The van der Waals surface area contributed by atoms with Crippen molar-refractivity contribution in [3.63, 3.8) is 0 Å². The predicted octanol–water partition coefficient (Wildman–Crippen LogP) is -4.28. The van der Waals surface area contributed by atoms with Gasteiger partial charge < -0.3 is 58.7 Å². The fraction of sp³-hybridized carbons (Fsp3) is 0.517. The van der Waals surface area contributed by atoms with Crippen LogP contribution in [-0.4, -0.2) is 124 Å². The number of aliphatic hydroxyl groups excluding tert-OH is 1. The molecule has 0 aliphatic carbocycles. The lowest BCUT2D eigenvalue weighted by atomic mass is 10.1. The number of nitrogens with one attached hydrogen (secondary N) is 4. The first-order valence-corrected chi connectivity index (χ1v) is 15.1. The Morgan fingerprint density at radius 3 is 2.23 bits per heavy atom. The zero-order valence-electron chi connectivity index (χ0n) is 26.2. The van der Waals surface area contributed by atoms with Gasteiger partial charge in [-0.3, -0.25) is 33.8 Å². The summed E-state index contributed by atoms with van der Waals surface area (Å²) in [4.78, 5) is 92.7. The Balaban J connectivity index is 2.08. The summed E-state index contributed by atoms with van der Waals surface area (Å²) in [6.45, 7) is -1.04. The first kappa shape index (κ1) is 38.9. The molecule has 1 saturated heterocycles. The Labute approximate surface area is 275 Å². The number of rotatable bonds is 19. The van der Waals surface area contributed by atoms with Crippen LogP contribution in [0.25, 0.3) is 0 Å². The smallest absolute Gasteiger partial charge is 0.326 e. The molecule has 1 aromatic carbocycles. The van der Waals surface area contributed by atoms with E-state index in [1.165, 1.54) is 4.90 Å². The molecular formula is C29H43N9O10. The number of carbonyl (C=O) groups excluding carboxylic acids is 5. The molecule has 0 spiro atoms. The monoisotopic (exact) mass is 677 g/mol. The number of likely N-dealkylation sites (tertiary alicyclic amines) is 1. The maximum atomic E-state index is 13.2. The van der Waals surface area contributed by atoms with E-state index in [-0.39, 0.29) is 44.7 Å². The summed E-state index contributed by atoms with van der Waals surface area (Å²) in [5.74, 6) is -7.19. The Hall–Kier alpha value is -5.30. The molecule has 1 heterocycles. The first-order chi connectivity index (χ1) is 22.7. The van der Waals surface area contributed by atoms with E-state index in [9.17, 15) is 48.9 Å². The summed E-state index contributed by atoms with van der Waals surface area (Å²) < 4.78 is 0. The van der Waals surface area contributed by atoms with Crippen LogP contribution in [0.1, 0.15) is 37.7 Å². The third kappa shape index (κ3) is 12.8. The van der Waals surface area contributed by atoms with E-state index >= 15 is 0 Å². The van der Waals surface area contributed by atoms with Gasteiger partial charge in [-0.05, 0) is 31.2 Å². The zero-order valence-corrected chi connectivity index (χ0v) is 26.2. The van der Waals surface area contributed by atoms with Crippen molar-refractivity contribution in [3.05, 3.63) is 35.9 Å². The summed E-state index contributed by atoms with van der Waals surface area (Å²) >= 11 is 0. The van der Waals surface area contributed by atoms with Crippen LogP contribution in [0.3, 0.4) is 0 Å². The minimum atomic E-state index is -1.68.